The van der Waals surface area contributed by atoms with E-state index in [1.54, 1.807) is 14.1 Å². The number of amides is 3. The lowest BCUT2D eigenvalue weighted by atomic mass is 9.81. The van der Waals surface area contributed by atoms with E-state index < -0.39 is 11.4 Å². The van der Waals surface area contributed by atoms with Crippen molar-refractivity contribution in [3.8, 4) is 0 Å². The Morgan fingerprint density at radius 3 is 2.65 bits per heavy atom. The van der Waals surface area contributed by atoms with Gasteiger partial charge in [0.1, 0.15) is 0 Å². The lowest BCUT2D eigenvalue weighted by Crippen LogP contribution is -2.44. The number of likely N-dealkylation sites (tertiary alicyclic amines) is 1. The minimum Gasteiger partial charge on any atom is -0.481 e. The van der Waals surface area contributed by atoms with E-state index in [2.05, 4.69) is 5.32 Å². The number of carboxylic acids is 1. The van der Waals surface area contributed by atoms with Crippen LogP contribution in [0.2, 0.25) is 0 Å². The predicted octanol–water partition coefficient (Wildman–Crippen LogP) is -0.0291. The van der Waals surface area contributed by atoms with Crippen LogP contribution in [0.15, 0.2) is 0 Å². The van der Waals surface area contributed by atoms with Crippen molar-refractivity contribution in [1.29, 1.82) is 0 Å². The largest absolute Gasteiger partial charge is 0.481 e. The second-order valence-electron chi connectivity index (χ2n) is 5.88. The number of urea groups is 1. The van der Waals surface area contributed by atoms with Gasteiger partial charge < -0.3 is 20.2 Å². The fourth-order valence-corrected chi connectivity index (χ4v) is 3.21. The third-order valence-corrected chi connectivity index (χ3v) is 4.47. The molecule has 1 heterocycles. The summed E-state index contributed by atoms with van der Waals surface area (Å²) in [5, 5.41) is 12.0. The number of aliphatic carboxylic acids is 1. The second kappa shape index (κ2) is 5.30. The number of fused-ring (bicyclic) bond motifs is 1. The molecule has 0 aromatic heterocycles. The fraction of sp³-hybridized carbons (Fsp3) is 0.769. The monoisotopic (exact) mass is 283 g/mol. The number of nitrogens with one attached hydrogen (secondary N) is 1. The van der Waals surface area contributed by atoms with Crippen molar-refractivity contribution in [2.45, 2.75) is 19.3 Å². The third-order valence-electron chi connectivity index (χ3n) is 4.47. The summed E-state index contributed by atoms with van der Waals surface area (Å²) in [5.74, 6) is -0.958. The summed E-state index contributed by atoms with van der Waals surface area (Å²) in [6, 6.07) is -0.352. The van der Waals surface area contributed by atoms with Gasteiger partial charge in [0.05, 0.1) is 12.0 Å². The number of rotatable bonds is 3. The van der Waals surface area contributed by atoms with Crippen LogP contribution in [0, 0.1) is 11.3 Å². The van der Waals surface area contributed by atoms with E-state index in [9.17, 15) is 19.5 Å². The maximum absolute atomic E-state index is 12.0. The van der Waals surface area contributed by atoms with Crippen LogP contribution in [0.4, 0.5) is 4.79 Å². The number of likely N-dealkylation sites (N-methyl/N-ethyl adjacent to an activating group) is 1. The van der Waals surface area contributed by atoms with Gasteiger partial charge in [-0.2, -0.15) is 0 Å². The summed E-state index contributed by atoms with van der Waals surface area (Å²) in [6.45, 7) is 0.649. The zero-order valence-corrected chi connectivity index (χ0v) is 11.9. The first-order valence-electron chi connectivity index (χ1n) is 6.83. The van der Waals surface area contributed by atoms with Gasteiger partial charge in [-0.15, -0.1) is 0 Å². The standard InChI is InChI=1S/C13H21N3O4/c1-15(2)10(17)6-14-12(20)16-7-9-4-3-5-13(9,8-16)11(18)19/h9H,3-8H2,1-2H3,(H,14,20)(H,18,19)/t9-,13+/m0/s1. The van der Waals surface area contributed by atoms with Crippen LogP contribution in [0.5, 0.6) is 0 Å². The molecule has 0 bridgehead atoms. The van der Waals surface area contributed by atoms with Crippen LogP contribution in [-0.2, 0) is 9.59 Å². The van der Waals surface area contributed by atoms with Crippen LogP contribution in [-0.4, -0.2) is 66.5 Å². The lowest BCUT2D eigenvalue weighted by molar-refractivity contribution is -0.149. The number of carbonyl (C=O) groups is 3. The van der Waals surface area contributed by atoms with Crippen molar-refractivity contribution in [3.05, 3.63) is 0 Å². The molecule has 2 aliphatic rings. The van der Waals surface area contributed by atoms with Gasteiger partial charge in [-0.3, -0.25) is 9.59 Å². The molecule has 0 aromatic carbocycles. The first-order chi connectivity index (χ1) is 9.36. The number of carbonyl (C=O) groups excluding carboxylic acids is 2. The molecule has 1 aliphatic heterocycles. The molecule has 20 heavy (non-hydrogen) atoms. The van der Waals surface area contributed by atoms with Crippen LogP contribution < -0.4 is 5.32 Å². The molecule has 2 rings (SSSR count). The van der Waals surface area contributed by atoms with Crippen LogP contribution in [0.1, 0.15) is 19.3 Å². The van der Waals surface area contributed by atoms with E-state index in [4.69, 9.17) is 0 Å². The third kappa shape index (κ3) is 2.44. The quantitative estimate of drug-likeness (QED) is 0.761. The molecule has 1 aliphatic carbocycles. The molecule has 7 nitrogen and oxygen atoms in total. The maximum Gasteiger partial charge on any atom is 0.317 e. The summed E-state index contributed by atoms with van der Waals surface area (Å²) in [6.07, 6.45) is 2.39. The highest BCUT2D eigenvalue weighted by molar-refractivity contribution is 5.85. The average molecular weight is 283 g/mol. The van der Waals surface area contributed by atoms with Gasteiger partial charge in [-0.25, -0.2) is 4.79 Å². The lowest BCUT2D eigenvalue weighted by Gasteiger charge is -2.23. The first-order valence-corrected chi connectivity index (χ1v) is 6.83. The minimum atomic E-state index is -0.806. The normalized spacial score (nSPS) is 28.1. The van der Waals surface area contributed by atoms with Gasteiger partial charge >= 0.3 is 12.0 Å². The minimum absolute atomic E-state index is 0.0373. The zero-order valence-electron chi connectivity index (χ0n) is 11.9. The number of hydrogen-bond donors (Lipinski definition) is 2. The van der Waals surface area contributed by atoms with Gasteiger partial charge in [0.25, 0.3) is 0 Å². The van der Waals surface area contributed by atoms with Crippen LogP contribution in [0.3, 0.4) is 0 Å². The van der Waals surface area contributed by atoms with Crippen molar-refractivity contribution in [2.24, 2.45) is 11.3 Å². The summed E-state index contributed by atoms with van der Waals surface area (Å²) < 4.78 is 0. The summed E-state index contributed by atoms with van der Waals surface area (Å²) in [7, 11) is 3.24. The smallest absolute Gasteiger partial charge is 0.317 e. The molecular weight excluding hydrogens is 262 g/mol. The summed E-state index contributed by atoms with van der Waals surface area (Å²) >= 11 is 0. The topological polar surface area (TPSA) is 90.0 Å². The zero-order chi connectivity index (χ0) is 14.9. The van der Waals surface area contributed by atoms with E-state index in [1.807, 2.05) is 0 Å². The molecule has 1 saturated heterocycles. The van der Waals surface area contributed by atoms with Gasteiger partial charge in [-0.1, -0.05) is 6.42 Å². The second-order valence-corrected chi connectivity index (χ2v) is 5.88. The first kappa shape index (κ1) is 14.6. The molecule has 0 aromatic rings. The van der Waals surface area contributed by atoms with Gasteiger partial charge in [0, 0.05) is 27.2 Å². The van der Waals surface area contributed by atoms with Crippen LogP contribution in [0.25, 0.3) is 0 Å². The van der Waals surface area contributed by atoms with Gasteiger partial charge in [-0.05, 0) is 18.8 Å². The molecule has 0 unspecified atom stereocenters. The number of carboxylic acid groups (broad SMARTS) is 1. The van der Waals surface area contributed by atoms with Crippen molar-refractivity contribution in [1.82, 2.24) is 15.1 Å². The molecule has 0 spiro atoms. The highest BCUT2D eigenvalue weighted by Gasteiger charge is 2.55. The maximum atomic E-state index is 12.0. The Kier molecular flexibility index (Phi) is 3.87. The number of nitrogens with zero attached hydrogens (tertiary/aromatic N) is 2. The van der Waals surface area contributed by atoms with Crippen molar-refractivity contribution in [3.63, 3.8) is 0 Å². The van der Waals surface area contributed by atoms with Crippen molar-refractivity contribution in [2.75, 3.05) is 33.7 Å². The predicted molar refractivity (Wildman–Crippen MR) is 71.1 cm³/mol. The molecule has 0 radical (unpaired) electrons. The molecule has 3 amide bonds. The molecule has 1 saturated carbocycles. The molecule has 112 valence electrons. The summed E-state index contributed by atoms with van der Waals surface area (Å²) in [4.78, 5) is 37.9. The van der Waals surface area contributed by atoms with E-state index in [0.717, 1.165) is 12.8 Å². The van der Waals surface area contributed by atoms with Gasteiger partial charge in [0.2, 0.25) is 5.91 Å². The molecule has 2 fully saturated rings. The van der Waals surface area contributed by atoms with Gasteiger partial charge in [0.15, 0.2) is 0 Å². The van der Waals surface area contributed by atoms with Crippen LogP contribution >= 0.6 is 0 Å². The Bertz CT molecular complexity index is 437. The Labute approximate surface area is 117 Å². The van der Waals surface area contributed by atoms with E-state index >= 15 is 0 Å². The average Bonchev–Trinajstić information content (AvgIpc) is 2.92. The Morgan fingerprint density at radius 1 is 1.40 bits per heavy atom. The Balaban J connectivity index is 1.94. The fourth-order valence-electron chi connectivity index (χ4n) is 3.21. The molecular formula is C13H21N3O4. The van der Waals surface area contributed by atoms with E-state index in [0.29, 0.717) is 13.0 Å². The Hall–Kier alpha value is -1.79. The molecule has 2 N–H and O–H groups in total. The Morgan fingerprint density at radius 2 is 2.10 bits per heavy atom. The van der Waals surface area contributed by atoms with Crippen molar-refractivity contribution >= 4 is 17.9 Å². The summed E-state index contributed by atoms with van der Waals surface area (Å²) in [5.41, 5.74) is -0.775. The molecule has 7 heteroatoms. The van der Waals surface area contributed by atoms with E-state index in [-0.39, 0.29) is 30.9 Å². The highest BCUT2D eigenvalue weighted by atomic mass is 16.4. The molecule has 2 atom stereocenters. The SMILES string of the molecule is CN(C)C(=O)CNC(=O)N1C[C@@H]2CCC[C@@]2(C(=O)O)C1. The number of hydrogen-bond acceptors (Lipinski definition) is 3. The highest BCUT2D eigenvalue weighted by Crippen LogP contribution is 2.48. The van der Waals surface area contributed by atoms with E-state index in [1.165, 1.54) is 9.80 Å². The van der Waals surface area contributed by atoms with Crippen molar-refractivity contribution < 1.29 is 19.5 Å².